The first-order valence-electron chi connectivity index (χ1n) is 4.13. The summed E-state index contributed by atoms with van der Waals surface area (Å²) in [7, 11) is 1.80. The van der Waals surface area contributed by atoms with Crippen LogP contribution in [0.1, 0.15) is 23.2 Å². The molecule has 0 aliphatic rings. The molecule has 0 spiro atoms. The molecule has 0 aliphatic carbocycles. The van der Waals surface area contributed by atoms with Crippen molar-refractivity contribution in [3.05, 3.63) is 17.7 Å². The van der Waals surface area contributed by atoms with Crippen molar-refractivity contribution in [2.24, 2.45) is 0 Å². The molecule has 1 rings (SSSR count). The lowest BCUT2D eigenvalue weighted by molar-refractivity contribution is 0.0691. The highest BCUT2D eigenvalue weighted by molar-refractivity contribution is 5.85. The van der Waals surface area contributed by atoms with Gasteiger partial charge in [0.1, 0.15) is 5.82 Å². The molecule has 0 saturated heterocycles. The first kappa shape index (κ1) is 9.73. The van der Waals surface area contributed by atoms with E-state index in [9.17, 15) is 4.79 Å². The maximum atomic E-state index is 10.6. The van der Waals surface area contributed by atoms with Gasteiger partial charge in [0.15, 0.2) is 5.69 Å². The first-order valence-corrected chi connectivity index (χ1v) is 4.13. The van der Waals surface area contributed by atoms with E-state index in [0.717, 1.165) is 12.4 Å². The zero-order valence-corrected chi connectivity index (χ0v) is 7.74. The quantitative estimate of drug-likeness (QED) is 0.705. The molecule has 5 nitrogen and oxygen atoms in total. The van der Waals surface area contributed by atoms with Crippen LogP contribution < -0.4 is 5.32 Å². The van der Waals surface area contributed by atoms with Crippen molar-refractivity contribution >= 4 is 5.97 Å². The van der Waals surface area contributed by atoms with E-state index in [-0.39, 0.29) is 5.69 Å². The molecule has 1 aromatic rings. The Bertz CT molecular complexity index is 306. The number of nitrogens with one attached hydrogen (secondary N) is 1. The van der Waals surface area contributed by atoms with E-state index < -0.39 is 5.97 Å². The minimum atomic E-state index is -0.982. The van der Waals surface area contributed by atoms with Gasteiger partial charge in [0, 0.05) is 12.7 Å². The summed E-state index contributed by atoms with van der Waals surface area (Å²) in [4.78, 5) is 14.6. The van der Waals surface area contributed by atoms with Crippen LogP contribution in [-0.2, 0) is 13.1 Å². The summed E-state index contributed by atoms with van der Waals surface area (Å²) >= 11 is 0. The van der Waals surface area contributed by atoms with Crippen molar-refractivity contribution in [2.75, 3.05) is 7.05 Å². The number of hydrogen-bond acceptors (Lipinski definition) is 3. The van der Waals surface area contributed by atoms with Crippen LogP contribution in [-0.4, -0.2) is 27.7 Å². The van der Waals surface area contributed by atoms with Crippen molar-refractivity contribution < 1.29 is 9.90 Å². The fraction of sp³-hybridized carbons (Fsp3) is 0.500. The normalized spacial score (nSPS) is 10.3. The van der Waals surface area contributed by atoms with Crippen molar-refractivity contribution in [3.8, 4) is 0 Å². The third kappa shape index (κ3) is 2.06. The highest BCUT2D eigenvalue weighted by atomic mass is 16.4. The van der Waals surface area contributed by atoms with E-state index in [0.29, 0.717) is 6.54 Å². The van der Waals surface area contributed by atoms with E-state index in [2.05, 4.69) is 10.3 Å². The second kappa shape index (κ2) is 4.04. The number of carbonyl (C=O) groups is 1. The summed E-state index contributed by atoms with van der Waals surface area (Å²) in [6.45, 7) is 3.27. The lowest BCUT2D eigenvalue weighted by Crippen LogP contribution is -2.11. The minimum absolute atomic E-state index is 0.104. The molecule has 0 bridgehead atoms. The molecule has 0 unspecified atom stereocenters. The van der Waals surface area contributed by atoms with E-state index in [1.165, 1.54) is 0 Å². The Kier molecular flexibility index (Phi) is 3.02. The van der Waals surface area contributed by atoms with E-state index >= 15 is 0 Å². The third-order valence-corrected chi connectivity index (χ3v) is 1.75. The molecule has 0 amide bonds. The maximum Gasteiger partial charge on any atom is 0.356 e. The number of carboxylic acids is 1. The predicted octanol–water partition coefficient (Wildman–Crippen LogP) is 0.321. The average molecular weight is 183 g/mol. The molecule has 5 heteroatoms. The molecular weight excluding hydrogens is 170 g/mol. The van der Waals surface area contributed by atoms with Crippen molar-refractivity contribution in [1.82, 2.24) is 14.9 Å². The van der Waals surface area contributed by atoms with Crippen LogP contribution in [0.25, 0.3) is 0 Å². The number of aryl methyl sites for hydroxylation is 1. The van der Waals surface area contributed by atoms with Crippen molar-refractivity contribution in [1.29, 1.82) is 0 Å². The van der Waals surface area contributed by atoms with Gasteiger partial charge in [-0.3, -0.25) is 0 Å². The molecule has 0 saturated carbocycles. The summed E-state index contributed by atoms with van der Waals surface area (Å²) in [5.41, 5.74) is 0.104. The number of aromatic nitrogens is 2. The van der Waals surface area contributed by atoms with Crippen molar-refractivity contribution in [3.63, 3.8) is 0 Å². The Morgan fingerprint density at radius 1 is 1.77 bits per heavy atom. The van der Waals surface area contributed by atoms with Crippen LogP contribution in [0.5, 0.6) is 0 Å². The standard InChI is InChI=1S/C8H13N3O2/c1-3-11-5-6(8(12)13)10-7(11)4-9-2/h5,9H,3-4H2,1-2H3,(H,12,13). The molecule has 2 N–H and O–H groups in total. The SMILES string of the molecule is CCn1cc(C(=O)O)nc1CNC. The molecule has 1 heterocycles. The van der Waals surface area contributed by atoms with Crippen LogP contribution in [0.3, 0.4) is 0 Å². The van der Waals surface area contributed by atoms with Crippen LogP contribution >= 0.6 is 0 Å². The molecule has 72 valence electrons. The van der Waals surface area contributed by atoms with Gasteiger partial charge in [-0.1, -0.05) is 0 Å². The molecular formula is C8H13N3O2. The Balaban J connectivity index is 2.96. The number of carboxylic acid groups (broad SMARTS) is 1. The Morgan fingerprint density at radius 2 is 2.46 bits per heavy atom. The van der Waals surface area contributed by atoms with Crippen LogP contribution in [0.15, 0.2) is 6.20 Å². The molecule has 0 fully saturated rings. The monoisotopic (exact) mass is 183 g/mol. The predicted molar refractivity (Wildman–Crippen MR) is 47.6 cm³/mol. The molecule has 1 aromatic heterocycles. The summed E-state index contributed by atoms with van der Waals surface area (Å²) in [6, 6.07) is 0. The molecule has 0 atom stereocenters. The van der Waals surface area contributed by atoms with Crippen molar-refractivity contribution in [2.45, 2.75) is 20.0 Å². The fourth-order valence-corrected chi connectivity index (χ4v) is 1.13. The lowest BCUT2D eigenvalue weighted by atomic mass is 10.5. The molecule has 0 radical (unpaired) electrons. The van der Waals surface area contributed by atoms with Gasteiger partial charge in [0.25, 0.3) is 0 Å². The van der Waals surface area contributed by atoms with Gasteiger partial charge in [0.2, 0.25) is 0 Å². The first-order chi connectivity index (χ1) is 6.19. The zero-order chi connectivity index (χ0) is 9.84. The van der Waals surface area contributed by atoms with Crippen LogP contribution in [0, 0.1) is 0 Å². The number of rotatable bonds is 4. The zero-order valence-electron chi connectivity index (χ0n) is 7.74. The average Bonchev–Trinajstić information content (AvgIpc) is 2.48. The summed E-state index contributed by atoms with van der Waals surface area (Å²) in [5, 5.41) is 11.6. The fourth-order valence-electron chi connectivity index (χ4n) is 1.13. The van der Waals surface area contributed by atoms with Gasteiger partial charge >= 0.3 is 5.97 Å². The smallest absolute Gasteiger partial charge is 0.356 e. The summed E-state index contributed by atoms with van der Waals surface area (Å²) in [6.07, 6.45) is 1.55. The Hall–Kier alpha value is -1.36. The highest BCUT2D eigenvalue weighted by Crippen LogP contribution is 2.03. The minimum Gasteiger partial charge on any atom is -0.476 e. The second-order valence-corrected chi connectivity index (χ2v) is 2.66. The molecule has 0 aliphatic heterocycles. The second-order valence-electron chi connectivity index (χ2n) is 2.66. The largest absolute Gasteiger partial charge is 0.476 e. The topological polar surface area (TPSA) is 67.2 Å². The van der Waals surface area contributed by atoms with Gasteiger partial charge in [-0.25, -0.2) is 9.78 Å². The molecule has 0 aromatic carbocycles. The lowest BCUT2D eigenvalue weighted by Gasteiger charge is -2.01. The van der Waals surface area contributed by atoms with Gasteiger partial charge < -0.3 is 15.0 Å². The van der Waals surface area contributed by atoms with Gasteiger partial charge in [0.05, 0.1) is 6.54 Å². The number of hydrogen-bond donors (Lipinski definition) is 2. The van der Waals surface area contributed by atoms with E-state index in [4.69, 9.17) is 5.11 Å². The van der Waals surface area contributed by atoms with Gasteiger partial charge in [-0.15, -0.1) is 0 Å². The number of nitrogens with zero attached hydrogens (tertiary/aromatic N) is 2. The van der Waals surface area contributed by atoms with Crippen LogP contribution in [0.4, 0.5) is 0 Å². The van der Waals surface area contributed by atoms with Gasteiger partial charge in [-0.2, -0.15) is 0 Å². The van der Waals surface area contributed by atoms with Gasteiger partial charge in [-0.05, 0) is 14.0 Å². The highest BCUT2D eigenvalue weighted by Gasteiger charge is 2.10. The Morgan fingerprint density at radius 3 is 2.92 bits per heavy atom. The number of imidazole rings is 1. The van der Waals surface area contributed by atoms with Crippen LogP contribution in [0.2, 0.25) is 0 Å². The Labute approximate surface area is 76.4 Å². The molecule has 13 heavy (non-hydrogen) atoms. The summed E-state index contributed by atoms with van der Waals surface area (Å²) in [5.74, 6) is -0.230. The number of aromatic carboxylic acids is 1. The summed E-state index contributed by atoms with van der Waals surface area (Å²) < 4.78 is 1.82. The van der Waals surface area contributed by atoms with E-state index in [1.807, 2.05) is 11.5 Å². The maximum absolute atomic E-state index is 10.6. The third-order valence-electron chi connectivity index (χ3n) is 1.75. The van der Waals surface area contributed by atoms with E-state index in [1.54, 1.807) is 13.2 Å².